The van der Waals surface area contributed by atoms with Crippen LogP contribution < -0.4 is 9.47 Å². The molecule has 0 N–H and O–H groups in total. The van der Waals surface area contributed by atoms with Crippen molar-refractivity contribution in [3.05, 3.63) is 57.0 Å². The van der Waals surface area contributed by atoms with Gasteiger partial charge in [-0.05, 0) is 48.2 Å². The van der Waals surface area contributed by atoms with E-state index in [-0.39, 0.29) is 12.5 Å². The Morgan fingerprint density at radius 3 is 2.57 bits per heavy atom. The van der Waals surface area contributed by atoms with E-state index in [1.54, 1.807) is 24.3 Å². The van der Waals surface area contributed by atoms with Crippen LogP contribution in [0.3, 0.4) is 0 Å². The third-order valence-corrected chi connectivity index (χ3v) is 4.49. The van der Waals surface area contributed by atoms with Crippen LogP contribution in [0.5, 0.6) is 11.5 Å². The number of ether oxygens (including phenoxy) is 2. The second-order valence-corrected chi connectivity index (χ2v) is 6.75. The molecule has 0 aromatic heterocycles. The van der Waals surface area contributed by atoms with Gasteiger partial charge in [0.05, 0.1) is 5.02 Å². The van der Waals surface area contributed by atoms with Crippen LogP contribution in [-0.4, -0.2) is 12.6 Å². The Hall–Kier alpha value is -1.52. The fourth-order valence-electron chi connectivity index (χ4n) is 2.06. The van der Waals surface area contributed by atoms with Crippen molar-refractivity contribution in [3.8, 4) is 11.5 Å². The van der Waals surface area contributed by atoms with Crippen molar-refractivity contribution in [2.75, 3.05) is 6.61 Å². The fraction of sp³-hybridized carbons (Fsp3) is 0.278. The van der Waals surface area contributed by atoms with Gasteiger partial charge in [-0.25, -0.2) is 4.79 Å². The summed E-state index contributed by atoms with van der Waals surface area (Å²) in [6.45, 7) is 5.95. The van der Waals surface area contributed by atoms with E-state index in [9.17, 15) is 4.79 Å². The molecule has 0 heterocycles. The van der Waals surface area contributed by atoms with Crippen LogP contribution in [0.2, 0.25) is 5.02 Å². The number of rotatable bonds is 5. The van der Waals surface area contributed by atoms with Crippen molar-refractivity contribution >= 4 is 33.5 Å². The van der Waals surface area contributed by atoms with Gasteiger partial charge in [0.2, 0.25) is 0 Å². The summed E-state index contributed by atoms with van der Waals surface area (Å²) in [6, 6.07) is 10.8. The van der Waals surface area contributed by atoms with Crippen molar-refractivity contribution in [3.63, 3.8) is 0 Å². The van der Waals surface area contributed by atoms with E-state index in [1.165, 1.54) is 0 Å². The monoisotopic (exact) mass is 396 g/mol. The lowest BCUT2D eigenvalue weighted by atomic mass is 10.0. The highest BCUT2D eigenvalue weighted by atomic mass is 79.9. The molecule has 5 heteroatoms. The third kappa shape index (κ3) is 4.72. The van der Waals surface area contributed by atoms with Gasteiger partial charge in [0.1, 0.15) is 11.5 Å². The summed E-state index contributed by atoms with van der Waals surface area (Å²) in [5.74, 6) is 0.811. The summed E-state index contributed by atoms with van der Waals surface area (Å²) < 4.78 is 11.9. The molecule has 0 saturated carbocycles. The molecule has 2 rings (SSSR count). The minimum atomic E-state index is -0.492. The first-order valence-corrected chi connectivity index (χ1v) is 8.43. The van der Waals surface area contributed by atoms with E-state index in [4.69, 9.17) is 21.1 Å². The Labute approximate surface area is 149 Å². The van der Waals surface area contributed by atoms with Gasteiger partial charge < -0.3 is 9.47 Å². The van der Waals surface area contributed by atoms with Gasteiger partial charge in [-0.1, -0.05) is 53.5 Å². The van der Waals surface area contributed by atoms with E-state index in [0.717, 1.165) is 15.6 Å². The molecule has 0 bridgehead atoms. The lowest BCUT2D eigenvalue weighted by molar-refractivity contribution is -0.136. The van der Waals surface area contributed by atoms with Crippen molar-refractivity contribution in [1.82, 2.24) is 0 Å². The lowest BCUT2D eigenvalue weighted by Gasteiger charge is -2.15. The van der Waals surface area contributed by atoms with Gasteiger partial charge >= 0.3 is 5.97 Å². The second-order valence-electron chi connectivity index (χ2n) is 5.49. The number of hydrogen-bond acceptors (Lipinski definition) is 3. The second kappa shape index (κ2) is 7.84. The number of para-hydroxylation sites is 1. The highest BCUT2D eigenvalue weighted by molar-refractivity contribution is 9.10. The molecule has 0 aliphatic rings. The Morgan fingerprint density at radius 1 is 1.22 bits per heavy atom. The van der Waals surface area contributed by atoms with Crippen LogP contribution in [0.1, 0.15) is 30.9 Å². The largest absolute Gasteiger partial charge is 0.482 e. The maximum atomic E-state index is 12.0. The normalized spacial score (nSPS) is 10.7. The summed E-state index contributed by atoms with van der Waals surface area (Å²) in [6.07, 6.45) is 0. The van der Waals surface area contributed by atoms with Crippen molar-refractivity contribution < 1.29 is 14.3 Å². The molecule has 2 aromatic rings. The zero-order chi connectivity index (χ0) is 17.0. The molecule has 23 heavy (non-hydrogen) atoms. The standard InChI is InChI=1S/C18H18BrClO3/c1-11(2)13-9-14(19)12(3)8-17(13)22-10-18(21)23-16-7-5-4-6-15(16)20/h4-9,11H,10H2,1-3H3. The molecule has 0 spiro atoms. The zero-order valence-electron chi connectivity index (χ0n) is 13.2. The smallest absolute Gasteiger partial charge is 0.349 e. The average molecular weight is 398 g/mol. The van der Waals surface area contributed by atoms with Crippen molar-refractivity contribution in [1.29, 1.82) is 0 Å². The van der Waals surface area contributed by atoms with Crippen LogP contribution in [0.15, 0.2) is 40.9 Å². The fourth-order valence-corrected chi connectivity index (χ4v) is 2.60. The van der Waals surface area contributed by atoms with E-state index in [1.807, 2.05) is 19.1 Å². The van der Waals surface area contributed by atoms with Gasteiger partial charge in [-0.3, -0.25) is 0 Å². The van der Waals surface area contributed by atoms with Crippen LogP contribution in [-0.2, 0) is 4.79 Å². The number of benzene rings is 2. The zero-order valence-corrected chi connectivity index (χ0v) is 15.6. The highest BCUT2D eigenvalue weighted by Crippen LogP contribution is 2.32. The van der Waals surface area contributed by atoms with Gasteiger partial charge in [-0.15, -0.1) is 0 Å². The molecule has 0 saturated heterocycles. The number of carbonyl (C=O) groups excluding carboxylic acids is 1. The van der Waals surface area contributed by atoms with E-state index >= 15 is 0 Å². The Balaban J connectivity index is 2.07. The molecule has 0 amide bonds. The van der Waals surface area contributed by atoms with E-state index < -0.39 is 5.97 Å². The maximum Gasteiger partial charge on any atom is 0.349 e. The Bertz CT molecular complexity index is 713. The molecule has 2 aromatic carbocycles. The summed E-state index contributed by atoms with van der Waals surface area (Å²) >= 11 is 9.49. The van der Waals surface area contributed by atoms with Crippen molar-refractivity contribution in [2.45, 2.75) is 26.7 Å². The third-order valence-electron chi connectivity index (χ3n) is 3.32. The summed E-state index contributed by atoms with van der Waals surface area (Å²) in [7, 11) is 0. The predicted octanol–water partition coefficient (Wildman–Crippen LogP) is 5.52. The molecule has 0 atom stereocenters. The van der Waals surface area contributed by atoms with E-state index in [0.29, 0.717) is 16.5 Å². The molecular formula is C18H18BrClO3. The van der Waals surface area contributed by atoms with Gasteiger partial charge in [0.15, 0.2) is 6.61 Å². The van der Waals surface area contributed by atoms with Crippen LogP contribution in [0.25, 0.3) is 0 Å². The van der Waals surface area contributed by atoms with Crippen LogP contribution >= 0.6 is 27.5 Å². The number of hydrogen-bond donors (Lipinski definition) is 0. The molecule has 0 aliphatic carbocycles. The maximum absolute atomic E-state index is 12.0. The molecule has 0 aliphatic heterocycles. The predicted molar refractivity (Wildman–Crippen MR) is 95.6 cm³/mol. The first-order chi connectivity index (χ1) is 10.9. The van der Waals surface area contributed by atoms with Crippen molar-refractivity contribution in [2.24, 2.45) is 0 Å². The molecule has 0 fully saturated rings. The average Bonchev–Trinajstić information content (AvgIpc) is 2.50. The SMILES string of the molecule is Cc1cc(OCC(=O)Oc2ccccc2Cl)c(C(C)C)cc1Br. The lowest BCUT2D eigenvalue weighted by Crippen LogP contribution is -2.18. The Morgan fingerprint density at radius 2 is 1.91 bits per heavy atom. The van der Waals surface area contributed by atoms with E-state index in [2.05, 4.69) is 29.8 Å². The minimum absolute atomic E-state index is 0.175. The summed E-state index contributed by atoms with van der Waals surface area (Å²) in [5, 5.41) is 0.392. The number of esters is 1. The van der Waals surface area contributed by atoms with Crippen LogP contribution in [0, 0.1) is 6.92 Å². The highest BCUT2D eigenvalue weighted by Gasteiger charge is 2.14. The summed E-state index contributed by atoms with van der Waals surface area (Å²) in [4.78, 5) is 12.0. The van der Waals surface area contributed by atoms with Gasteiger partial charge in [-0.2, -0.15) is 0 Å². The molecule has 3 nitrogen and oxygen atoms in total. The van der Waals surface area contributed by atoms with Gasteiger partial charge in [0, 0.05) is 4.47 Å². The summed E-state index contributed by atoms with van der Waals surface area (Å²) in [5.41, 5.74) is 2.08. The number of halogens is 2. The number of aryl methyl sites for hydroxylation is 1. The van der Waals surface area contributed by atoms with Crippen LogP contribution in [0.4, 0.5) is 0 Å². The Kier molecular flexibility index (Phi) is 6.08. The first-order valence-electron chi connectivity index (χ1n) is 7.26. The molecule has 0 unspecified atom stereocenters. The van der Waals surface area contributed by atoms with Gasteiger partial charge in [0.25, 0.3) is 0 Å². The quantitative estimate of drug-likeness (QED) is 0.492. The molecular weight excluding hydrogens is 380 g/mol. The topological polar surface area (TPSA) is 35.5 Å². The number of carbonyl (C=O) groups is 1. The molecule has 0 radical (unpaired) electrons. The minimum Gasteiger partial charge on any atom is -0.482 e. The first kappa shape index (κ1) is 17.8. The molecule has 122 valence electrons.